The van der Waals surface area contributed by atoms with Crippen molar-refractivity contribution in [2.75, 3.05) is 23.8 Å². The van der Waals surface area contributed by atoms with Gasteiger partial charge in [0.15, 0.2) is 5.71 Å². The second-order valence-electron chi connectivity index (χ2n) is 11.6. The Morgan fingerprint density at radius 2 is 2.00 bits per heavy atom. The van der Waals surface area contributed by atoms with Crippen LogP contribution >= 0.6 is 0 Å². The van der Waals surface area contributed by atoms with Crippen molar-refractivity contribution in [3.05, 3.63) is 54.2 Å². The highest BCUT2D eigenvalue weighted by atomic mass is 16.5. The van der Waals surface area contributed by atoms with Gasteiger partial charge in [-0.1, -0.05) is 20.3 Å². The van der Waals surface area contributed by atoms with Crippen LogP contribution < -0.4 is 16.5 Å². The summed E-state index contributed by atoms with van der Waals surface area (Å²) in [5.74, 6) is 5.67. The van der Waals surface area contributed by atoms with Crippen molar-refractivity contribution >= 4 is 28.9 Å². The fourth-order valence-electron chi connectivity index (χ4n) is 5.57. The van der Waals surface area contributed by atoms with Gasteiger partial charge >= 0.3 is 0 Å². The van der Waals surface area contributed by atoms with E-state index in [0.29, 0.717) is 53.7 Å². The Labute approximate surface area is 240 Å². The number of hydrazone groups is 1. The summed E-state index contributed by atoms with van der Waals surface area (Å²) in [5.41, 5.74) is 3.78. The molecule has 1 aliphatic heterocycles. The number of nitrogens with one attached hydrogen (secondary N) is 2. The lowest BCUT2D eigenvalue weighted by atomic mass is 9.79. The Morgan fingerprint density at radius 1 is 1.17 bits per heavy atom. The Hall–Kier alpha value is -4.12. The van der Waals surface area contributed by atoms with Gasteiger partial charge in [0.05, 0.1) is 53.9 Å². The molecule has 1 saturated heterocycles. The number of aryl methyl sites for hydroxylation is 1. The van der Waals surface area contributed by atoms with Gasteiger partial charge in [0.1, 0.15) is 0 Å². The number of rotatable bonds is 10. The number of pyridine rings is 2. The summed E-state index contributed by atoms with van der Waals surface area (Å²) >= 11 is 0. The standard InChI is InChI=1S/C30H38N8O3/c1-19-26(14-22(16-32-19)34-27(39)8-4-6-21-7-5-12-30(21,2)3)35-29(40)28(36-31)25-10-9-20(15-33-25)24-11-13-38(37-24)23-17-41-18-23/h9-11,13-16,21,23H,4-8,12,17-18,31H2,1-3H3,(H,34,39)(H,35,40)/b36-28+. The van der Waals surface area contributed by atoms with Gasteiger partial charge in [-0.25, -0.2) is 0 Å². The molecule has 2 amide bonds. The fourth-order valence-corrected chi connectivity index (χ4v) is 5.57. The van der Waals surface area contributed by atoms with Crippen LogP contribution in [0.4, 0.5) is 11.4 Å². The minimum absolute atomic E-state index is 0.0302. The molecule has 0 bridgehead atoms. The van der Waals surface area contributed by atoms with E-state index >= 15 is 0 Å². The van der Waals surface area contributed by atoms with Gasteiger partial charge in [0.25, 0.3) is 5.91 Å². The van der Waals surface area contributed by atoms with Crippen LogP contribution in [0.1, 0.15) is 69.8 Å². The van der Waals surface area contributed by atoms with Gasteiger partial charge in [0, 0.05) is 24.4 Å². The fraction of sp³-hybridized carbons (Fsp3) is 0.467. The number of anilines is 2. The lowest BCUT2D eigenvalue weighted by molar-refractivity contribution is -0.116. The number of carbonyl (C=O) groups is 2. The first-order valence-electron chi connectivity index (χ1n) is 14.2. The van der Waals surface area contributed by atoms with Crippen molar-refractivity contribution in [3.8, 4) is 11.3 Å². The van der Waals surface area contributed by atoms with Crippen LogP contribution in [0, 0.1) is 18.3 Å². The van der Waals surface area contributed by atoms with Crippen molar-refractivity contribution in [2.24, 2.45) is 22.3 Å². The maximum atomic E-state index is 13.1. The smallest absolute Gasteiger partial charge is 0.278 e. The number of hydrogen-bond acceptors (Lipinski definition) is 8. The van der Waals surface area contributed by atoms with E-state index < -0.39 is 5.91 Å². The second-order valence-corrected chi connectivity index (χ2v) is 11.6. The summed E-state index contributed by atoms with van der Waals surface area (Å²) in [6, 6.07) is 7.36. The molecule has 1 saturated carbocycles. The highest BCUT2D eigenvalue weighted by molar-refractivity contribution is 6.48. The molecule has 4 N–H and O–H groups in total. The highest BCUT2D eigenvalue weighted by Crippen LogP contribution is 2.45. The molecule has 5 rings (SSSR count). The SMILES string of the molecule is Cc1ncc(NC(=O)CCCC2CCCC2(C)C)cc1NC(=O)/C(=N/N)c1ccc(-c2ccn(C3COC3)n2)cn1. The van der Waals surface area contributed by atoms with Crippen molar-refractivity contribution in [2.45, 2.75) is 65.3 Å². The van der Waals surface area contributed by atoms with Crippen LogP contribution in [0.3, 0.4) is 0 Å². The Morgan fingerprint density at radius 3 is 2.66 bits per heavy atom. The van der Waals surface area contributed by atoms with E-state index in [4.69, 9.17) is 10.6 Å². The number of nitrogens with two attached hydrogens (primary N) is 1. The number of aromatic nitrogens is 4. The predicted octanol–water partition coefficient (Wildman–Crippen LogP) is 4.46. The van der Waals surface area contributed by atoms with Crippen molar-refractivity contribution in [1.82, 2.24) is 19.7 Å². The molecule has 0 spiro atoms. The van der Waals surface area contributed by atoms with Crippen molar-refractivity contribution in [1.29, 1.82) is 0 Å². The third kappa shape index (κ3) is 6.62. The molecule has 3 aromatic heterocycles. The average Bonchev–Trinajstić information content (AvgIpc) is 3.52. The van der Waals surface area contributed by atoms with Crippen molar-refractivity contribution in [3.63, 3.8) is 0 Å². The first-order valence-corrected chi connectivity index (χ1v) is 14.2. The molecule has 11 heteroatoms. The number of nitrogens with zero attached hydrogens (tertiary/aromatic N) is 5. The summed E-state index contributed by atoms with van der Waals surface area (Å²) in [5, 5.41) is 14.0. The van der Waals surface area contributed by atoms with Gasteiger partial charge in [-0.3, -0.25) is 24.2 Å². The minimum Gasteiger partial charge on any atom is -0.377 e. The number of ether oxygens (including phenoxy) is 1. The molecule has 1 atom stereocenters. The summed E-state index contributed by atoms with van der Waals surface area (Å²) in [6.07, 6.45) is 11.3. The molecule has 0 radical (unpaired) electrons. The van der Waals surface area contributed by atoms with Crippen LogP contribution in [0.2, 0.25) is 0 Å². The molecule has 4 heterocycles. The predicted molar refractivity (Wildman–Crippen MR) is 157 cm³/mol. The average molecular weight is 559 g/mol. The van der Waals surface area contributed by atoms with Gasteiger partial charge in [-0.2, -0.15) is 10.2 Å². The monoisotopic (exact) mass is 558 g/mol. The molecule has 41 heavy (non-hydrogen) atoms. The zero-order valence-corrected chi connectivity index (χ0v) is 23.9. The minimum atomic E-state index is -0.533. The Balaban J connectivity index is 1.18. The molecule has 3 aromatic rings. The van der Waals surface area contributed by atoms with Gasteiger partial charge in [-0.05, 0) is 68.2 Å². The molecule has 2 fully saturated rings. The lowest BCUT2D eigenvalue weighted by Crippen LogP contribution is -2.30. The number of carbonyl (C=O) groups excluding carboxylic acids is 2. The van der Waals surface area contributed by atoms with E-state index in [9.17, 15) is 9.59 Å². The van der Waals surface area contributed by atoms with Crippen LogP contribution in [-0.2, 0) is 14.3 Å². The zero-order chi connectivity index (χ0) is 29.0. The van der Waals surface area contributed by atoms with E-state index in [2.05, 4.69) is 44.6 Å². The number of hydrogen-bond donors (Lipinski definition) is 3. The molecular weight excluding hydrogens is 520 g/mol. The number of amides is 2. The van der Waals surface area contributed by atoms with Gasteiger partial charge < -0.3 is 21.2 Å². The van der Waals surface area contributed by atoms with E-state index in [-0.39, 0.29) is 17.7 Å². The third-order valence-corrected chi connectivity index (χ3v) is 8.30. The summed E-state index contributed by atoms with van der Waals surface area (Å²) < 4.78 is 7.12. The molecule has 1 aliphatic carbocycles. The Kier molecular flexibility index (Phi) is 8.44. The van der Waals surface area contributed by atoms with Crippen LogP contribution in [0.5, 0.6) is 0 Å². The van der Waals surface area contributed by atoms with E-state index in [0.717, 1.165) is 24.1 Å². The summed E-state index contributed by atoms with van der Waals surface area (Å²) in [4.78, 5) is 34.5. The topological polar surface area (TPSA) is 149 Å². The quantitative estimate of drug-likeness (QED) is 0.189. The molecular formula is C30H38N8O3. The molecule has 0 aromatic carbocycles. The largest absolute Gasteiger partial charge is 0.377 e. The van der Waals surface area contributed by atoms with Crippen LogP contribution in [-0.4, -0.2) is 50.5 Å². The molecule has 2 aliphatic rings. The third-order valence-electron chi connectivity index (χ3n) is 8.30. The molecule has 11 nitrogen and oxygen atoms in total. The summed E-state index contributed by atoms with van der Waals surface area (Å²) in [7, 11) is 0. The Bertz CT molecular complexity index is 1430. The van der Waals surface area contributed by atoms with Gasteiger partial charge in [0.2, 0.25) is 5.91 Å². The van der Waals surface area contributed by atoms with Crippen LogP contribution in [0.15, 0.2) is 48.0 Å². The second kappa shape index (κ2) is 12.2. The zero-order valence-electron chi connectivity index (χ0n) is 23.9. The van der Waals surface area contributed by atoms with E-state index in [1.807, 2.05) is 23.0 Å². The van der Waals surface area contributed by atoms with E-state index in [1.54, 1.807) is 31.5 Å². The molecule has 1 unspecified atom stereocenters. The summed E-state index contributed by atoms with van der Waals surface area (Å²) in [6.45, 7) is 7.74. The highest BCUT2D eigenvalue weighted by Gasteiger charge is 2.33. The van der Waals surface area contributed by atoms with E-state index in [1.165, 1.54) is 19.3 Å². The normalized spacial score (nSPS) is 18.6. The van der Waals surface area contributed by atoms with Crippen LogP contribution in [0.25, 0.3) is 11.3 Å². The lowest BCUT2D eigenvalue weighted by Gasteiger charge is -2.26. The first kappa shape index (κ1) is 28.4. The van der Waals surface area contributed by atoms with Gasteiger partial charge in [-0.15, -0.1) is 0 Å². The molecule has 216 valence electrons. The van der Waals surface area contributed by atoms with Crippen molar-refractivity contribution < 1.29 is 14.3 Å². The first-order chi connectivity index (χ1) is 19.7. The maximum Gasteiger partial charge on any atom is 0.278 e. The maximum absolute atomic E-state index is 13.1.